The molecule has 1 unspecified atom stereocenters. The fourth-order valence-corrected chi connectivity index (χ4v) is 2.74. The molecule has 0 amide bonds. The van der Waals surface area contributed by atoms with Gasteiger partial charge in [-0.2, -0.15) is 8.42 Å². The van der Waals surface area contributed by atoms with Gasteiger partial charge in [0.2, 0.25) is 4.75 Å². The molecule has 0 fully saturated rings. The quantitative estimate of drug-likeness (QED) is 0.257. The first-order chi connectivity index (χ1) is 9.71. The number of carboxylic acid groups (broad SMARTS) is 1. The van der Waals surface area contributed by atoms with E-state index in [0.29, 0.717) is 6.42 Å². The highest BCUT2D eigenvalue weighted by Gasteiger charge is 2.52. The summed E-state index contributed by atoms with van der Waals surface area (Å²) in [7, 11) is -4.96. The Balaban J connectivity index is 5.06. The molecular formula is C13H22O7S. The Labute approximate surface area is 124 Å². The second-order valence-electron chi connectivity index (χ2n) is 4.73. The Hall–Kier alpha value is -1.41. The van der Waals surface area contributed by atoms with E-state index in [0.717, 1.165) is 25.3 Å². The summed E-state index contributed by atoms with van der Waals surface area (Å²) in [6, 6.07) is 0. The molecule has 0 rings (SSSR count). The summed E-state index contributed by atoms with van der Waals surface area (Å²) < 4.78 is 34.6. The third-order valence-electron chi connectivity index (χ3n) is 3.01. The van der Waals surface area contributed by atoms with Crippen LogP contribution >= 0.6 is 0 Å². The van der Waals surface area contributed by atoms with Crippen molar-refractivity contribution in [3.05, 3.63) is 12.7 Å². The third kappa shape index (κ3) is 5.84. The highest BCUT2D eigenvalue weighted by molar-refractivity contribution is 7.88. The minimum Gasteiger partial charge on any atom is -0.481 e. The topological polar surface area (TPSA) is 118 Å². The number of allylic oxidation sites excluding steroid dienone is 1. The summed E-state index contributed by atoms with van der Waals surface area (Å²) >= 11 is 0. The van der Waals surface area contributed by atoms with E-state index >= 15 is 0 Å². The van der Waals surface area contributed by atoms with Crippen molar-refractivity contribution in [3.8, 4) is 0 Å². The van der Waals surface area contributed by atoms with E-state index in [-0.39, 0.29) is 6.61 Å². The molecule has 0 saturated carbocycles. The molecule has 0 aromatic rings. The van der Waals surface area contributed by atoms with Crippen LogP contribution in [0.25, 0.3) is 0 Å². The van der Waals surface area contributed by atoms with Gasteiger partial charge >= 0.3 is 11.9 Å². The zero-order chi connectivity index (χ0) is 16.5. The van der Waals surface area contributed by atoms with Crippen molar-refractivity contribution in [3.63, 3.8) is 0 Å². The molecule has 0 spiro atoms. The lowest BCUT2D eigenvalue weighted by atomic mass is 10.0. The number of ether oxygens (including phenoxy) is 1. The molecule has 0 aromatic carbocycles. The molecule has 21 heavy (non-hydrogen) atoms. The van der Waals surface area contributed by atoms with Crippen LogP contribution in [0.15, 0.2) is 12.7 Å². The first-order valence-electron chi connectivity index (χ1n) is 6.68. The van der Waals surface area contributed by atoms with Gasteiger partial charge in [0.05, 0.1) is 13.0 Å². The average molecular weight is 322 g/mol. The highest BCUT2D eigenvalue weighted by atomic mass is 32.2. The number of unbranched alkanes of at least 4 members (excludes halogenated alkanes) is 3. The lowest BCUT2D eigenvalue weighted by Crippen LogP contribution is -2.48. The molecule has 0 aromatic heterocycles. The Kier molecular flexibility index (Phi) is 8.19. The molecule has 0 heterocycles. The lowest BCUT2D eigenvalue weighted by molar-refractivity contribution is -0.151. The number of esters is 1. The zero-order valence-corrected chi connectivity index (χ0v) is 12.9. The summed E-state index contributed by atoms with van der Waals surface area (Å²) in [4.78, 5) is 22.8. The van der Waals surface area contributed by atoms with Gasteiger partial charge < -0.3 is 9.84 Å². The van der Waals surface area contributed by atoms with Crippen LogP contribution in [0, 0.1) is 0 Å². The minimum absolute atomic E-state index is 0.0210. The second-order valence-corrected chi connectivity index (χ2v) is 6.46. The van der Waals surface area contributed by atoms with E-state index in [9.17, 15) is 22.6 Å². The van der Waals surface area contributed by atoms with Crippen LogP contribution < -0.4 is 0 Å². The van der Waals surface area contributed by atoms with Crippen molar-refractivity contribution in [2.24, 2.45) is 0 Å². The molecule has 2 N–H and O–H groups in total. The number of carbonyl (C=O) groups is 2. The number of rotatable bonds is 11. The largest absolute Gasteiger partial charge is 0.481 e. The van der Waals surface area contributed by atoms with Crippen molar-refractivity contribution >= 4 is 22.1 Å². The van der Waals surface area contributed by atoms with Crippen molar-refractivity contribution in [1.82, 2.24) is 0 Å². The van der Waals surface area contributed by atoms with Crippen molar-refractivity contribution in [1.29, 1.82) is 0 Å². The number of aliphatic carboxylic acids is 1. The van der Waals surface area contributed by atoms with Crippen LogP contribution in [0.4, 0.5) is 0 Å². The SMILES string of the molecule is C=CCC(CC(=O)O)(C(=O)OCCCCCC)S(=O)(=O)O. The van der Waals surface area contributed by atoms with Crippen LogP contribution in [-0.2, 0) is 24.4 Å². The van der Waals surface area contributed by atoms with Gasteiger partial charge in [-0.1, -0.05) is 32.3 Å². The van der Waals surface area contributed by atoms with Crippen LogP contribution in [0.3, 0.4) is 0 Å². The number of carbonyl (C=O) groups excluding carboxylic acids is 1. The molecule has 0 aliphatic rings. The molecular weight excluding hydrogens is 300 g/mol. The highest BCUT2D eigenvalue weighted by Crippen LogP contribution is 2.28. The molecule has 0 aliphatic carbocycles. The Bertz CT molecular complexity index is 469. The summed E-state index contributed by atoms with van der Waals surface area (Å²) in [6.07, 6.45) is 2.74. The summed E-state index contributed by atoms with van der Waals surface area (Å²) in [5.41, 5.74) is 0. The second kappa shape index (κ2) is 8.78. The number of hydrogen-bond acceptors (Lipinski definition) is 5. The maximum absolute atomic E-state index is 12.0. The van der Waals surface area contributed by atoms with Crippen molar-refractivity contribution < 1.29 is 32.4 Å². The van der Waals surface area contributed by atoms with Crippen molar-refractivity contribution in [2.75, 3.05) is 6.61 Å². The summed E-state index contributed by atoms with van der Waals surface area (Å²) in [5.74, 6) is -2.79. The van der Waals surface area contributed by atoms with E-state index in [2.05, 4.69) is 6.58 Å². The normalized spacial score (nSPS) is 14.2. The van der Waals surface area contributed by atoms with Gasteiger partial charge in [0, 0.05) is 0 Å². The van der Waals surface area contributed by atoms with E-state index in [1.54, 1.807) is 0 Å². The van der Waals surface area contributed by atoms with E-state index in [4.69, 9.17) is 9.84 Å². The van der Waals surface area contributed by atoms with Crippen LogP contribution in [-0.4, -0.2) is 41.4 Å². The van der Waals surface area contributed by atoms with Crippen LogP contribution in [0.1, 0.15) is 45.4 Å². The van der Waals surface area contributed by atoms with Crippen LogP contribution in [0.2, 0.25) is 0 Å². The van der Waals surface area contributed by atoms with Crippen LogP contribution in [0.5, 0.6) is 0 Å². The summed E-state index contributed by atoms with van der Waals surface area (Å²) in [6.45, 7) is 5.28. The fraction of sp³-hybridized carbons (Fsp3) is 0.692. The Morgan fingerprint density at radius 2 is 1.90 bits per heavy atom. The molecule has 0 bridgehead atoms. The molecule has 0 saturated heterocycles. The Morgan fingerprint density at radius 1 is 1.29 bits per heavy atom. The van der Waals surface area contributed by atoms with E-state index in [1.165, 1.54) is 0 Å². The van der Waals surface area contributed by atoms with Gasteiger partial charge in [-0.15, -0.1) is 6.58 Å². The fourth-order valence-electron chi connectivity index (χ4n) is 1.83. The zero-order valence-electron chi connectivity index (χ0n) is 12.1. The van der Waals surface area contributed by atoms with Gasteiger partial charge in [-0.3, -0.25) is 14.1 Å². The molecule has 7 nitrogen and oxygen atoms in total. The summed E-state index contributed by atoms with van der Waals surface area (Å²) in [5, 5.41) is 8.81. The molecule has 1 atom stereocenters. The Morgan fingerprint density at radius 3 is 2.33 bits per heavy atom. The molecule has 8 heteroatoms. The smallest absolute Gasteiger partial charge is 0.330 e. The monoisotopic (exact) mass is 322 g/mol. The van der Waals surface area contributed by atoms with Gasteiger partial charge in [-0.25, -0.2) is 0 Å². The minimum atomic E-state index is -4.96. The van der Waals surface area contributed by atoms with Gasteiger partial charge in [0.1, 0.15) is 0 Å². The molecule has 0 aliphatic heterocycles. The predicted molar refractivity (Wildman–Crippen MR) is 76.4 cm³/mol. The first kappa shape index (κ1) is 19.6. The maximum Gasteiger partial charge on any atom is 0.330 e. The van der Waals surface area contributed by atoms with Gasteiger partial charge in [0.15, 0.2) is 0 Å². The van der Waals surface area contributed by atoms with Gasteiger partial charge in [-0.05, 0) is 12.8 Å². The lowest BCUT2D eigenvalue weighted by Gasteiger charge is -2.25. The average Bonchev–Trinajstić information content (AvgIpc) is 2.35. The standard InChI is InChI=1S/C13H22O7S/c1-3-5-6-7-9-20-12(16)13(8-4-2,10-11(14)15)21(17,18)19/h4H,2-3,5-10H2,1H3,(H,14,15)(H,17,18,19). The maximum atomic E-state index is 12.0. The molecule has 0 radical (unpaired) electrons. The number of carboxylic acids is 1. The predicted octanol–water partition coefficient (Wildman–Crippen LogP) is 1.79. The third-order valence-corrected chi connectivity index (χ3v) is 4.47. The van der Waals surface area contributed by atoms with E-state index in [1.807, 2.05) is 6.92 Å². The van der Waals surface area contributed by atoms with Crippen molar-refractivity contribution in [2.45, 2.75) is 50.2 Å². The number of hydrogen-bond donors (Lipinski definition) is 2. The van der Waals surface area contributed by atoms with E-state index < -0.39 is 39.6 Å². The van der Waals surface area contributed by atoms with Gasteiger partial charge in [0.25, 0.3) is 10.1 Å². The first-order valence-corrected chi connectivity index (χ1v) is 8.12. The molecule has 122 valence electrons.